The highest BCUT2D eigenvalue weighted by Crippen LogP contribution is 2.27. The molecular formula is C36H49N3O4. The van der Waals surface area contributed by atoms with Gasteiger partial charge < -0.3 is 20.3 Å². The van der Waals surface area contributed by atoms with Gasteiger partial charge in [0, 0.05) is 12.2 Å². The first-order valence-corrected chi connectivity index (χ1v) is 15.6. The van der Waals surface area contributed by atoms with Crippen molar-refractivity contribution in [3.05, 3.63) is 78.4 Å². The van der Waals surface area contributed by atoms with Crippen molar-refractivity contribution >= 4 is 34.4 Å². The molecule has 0 aromatic heterocycles. The van der Waals surface area contributed by atoms with Gasteiger partial charge in [0.25, 0.3) is 5.91 Å². The van der Waals surface area contributed by atoms with E-state index in [9.17, 15) is 14.4 Å². The standard InChI is InChI=1S/C36H49N3O4/c1-7-8-9-10-16-23-39(34(41)31(24-26(2)3)38-35(42)43-36(4,5)6)32(28-18-12-11-13-19-28)33(40)37-30-22-21-27-17-14-15-20-29(27)25-30/h11-15,17-22,25-26,31-32H,7-10,16,23-24H2,1-6H3,(H,37,40)(H,38,42). The highest BCUT2D eigenvalue weighted by atomic mass is 16.6. The molecule has 0 aliphatic heterocycles. The van der Waals surface area contributed by atoms with Crippen LogP contribution in [0.1, 0.15) is 91.7 Å². The summed E-state index contributed by atoms with van der Waals surface area (Å²) in [5, 5.41) is 8.00. The summed E-state index contributed by atoms with van der Waals surface area (Å²) in [4.78, 5) is 43.1. The number of anilines is 1. The van der Waals surface area contributed by atoms with Crippen LogP contribution >= 0.6 is 0 Å². The molecule has 0 saturated carbocycles. The van der Waals surface area contributed by atoms with Crippen molar-refractivity contribution in [1.82, 2.24) is 10.2 Å². The molecule has 232 valence electrons. The van der Waals surface area contributed by atoms with E-state index in [1.807, 2.05) is 86.6 Å². The number of nitrogens with one attached hydrogen (secondary N) is 2. The van der Waals surface area contributed by atoms with Gasteiger partial charge in [0.1, 0.15) is 17.7 Å². The van der Waals surface area contributed by atoms with Crippen molar-refractivity contribution in [2.75, 3.05) is 11.9 Å². The van der Waals surface area contributed by atoms with E-state index in [2.05, 4.69) is 17.6 Å². The minimum Gasteiger partial charge on any atom is -0.444 e. The van der Waals surface area contributed by atoms with Crippen LogP contribution in [0.25, 0.3) is 10.8 Å². The van der Waals surface area contributed by atoms with Gasteiger partial charge in [-0.25, -0.2) is 4.79 Å². The fourth-order valence-electron chi connectivity index (χ4n) is 5.18. The maximum absolute atomic E-state index is 14.4. The van der Waals surface area contributed by atoms with Crippen molar-refractivity contribution in [2.24, 2.45) is 5.92 Å². The molecular weight excluding hydrogens is 538 g/mol. The number of carbonyl (C=O) groups is 3. The summed E-state index contributed by atoms with van der Waals surface area (Å²) in [7, 11) is 0. The molecule has 2 atom stereocenters. The van der Waals surface area contributed by atoms with E-state index in [4.69, 9.17) is 4.74 Å². The van der Waals surface area contributed by atoms with E-state index < -0.39 is 23.8 Å². The molecule has 7 nitrogen and oxygen atoms in total. The predicted molar refractivity (Wildman–Crippen MR) is 175 cm³/mol. The van der Waals surface area contributed by atoms with Gasteiger partial charge in [0.2, 0.25) is 5.91 Å². The Morgan fingerprint density at radius 3 is 2.14 bits per heavy atom. The third-order valence-corrected chi connectivity index (χ3v) is 7.17. The zero-order valence-electron chi connectivity index (χ0n) is 26.7. The summed E-state index contributed by atoms with van der Waals surface area (Å²) in [6, 6.07) is 21.4. The van der Waals surface area contributed by atoms with E-state index in [0.29, 0.717) is 24.2 Å². The maximum atomic E-state index is 14.4. The molecule has 0 saturated heterocycles. The smallest absolute Gasteiger partial charge is 0.408 e. The molecule has 3 aromatic carbocycles. The first-order valence-electron chi connectivity index (χ1n) is 15.6. The van der Waals surface area contributed by atoms with Gasteiger partial charge in [0.05, 0.1) is 0 Å². The van der Waals surface area contributed by atoms with E-state index in [1.54, 1.807) is 25.7 Å². The topological polar surface area (TPSA) is 87.7 Å². The fraction of sp³-hybridized carbons (Fsp3) is 0.472. The van der Waals surface area contributed by atoms with E-state index >= 15 is 0 Å². The Morgan fingerprint density at radius 2 is 1.49 bits per heavy atom. The summed E-state index contributed by atoms with van der Waals surface area (Å²) >= 11 is 0. The Labute approximate surface area is 257 Å². The molecule has 0 spiro atoms. The van der Waals surface area contributed by atoms with Gasteiger partial charge in [-0.15, -0.1) is 0 Å². The fourth-order valence-corrected chi connectivity index (χ4v) is 5.18. The van der Waals surface area contributed by atoms with Crippen molar-refractivity contribution in [2.45, 2.75) is 97.8 Å². The van der Waals surface area contributed by atoms with Gasteiger partial charge in [-0.05, 0) is 68.0 Å². The van der Waals surface area contributed by atoms with Crippen LogP contribution in [0.3, 0.4) is 0 Å². The van der Waals surface area contributed by atoms with Crippen LogP contribution in [0.5, 0.6) is 0 Å². The van der Waals surface area contributed by atoms with Gasteiger partial charge in [0.15, 0.2) is 0 Å². The number of alkyl carbamates (subject to hydrolysis) is 1. The Bertz CT molecular complexity index is 1330. The second-order valence-electron chi connectivity index (χ2n) is 12.6. The van der Waals surface area contributed by atoms with Crippen LogP contribution in [0.4, 0.5) is 10.5 Å². The second kappa shape index (κ2) is 16.1. The molecule has 7 heteroatoms. The highest BCUT2D eigenvalue weighted by Gasteiger charge is 2.36. The van der Waals surface area contributed by atoms with Gasteiger partial charge in [-0.1, -0.05) is 107 Å². The summed E-state index contributed by atoms with van der Waals surface area (Å²) < 4.78 is 5.51. The SMILES string of the molecule is CCCCCCCN(C(=O)C(CC(C)C)NC(=O)OC(C)(C)C)C(C(=O)Nc1ccc2ccccc2c1)c1ccccc1. The number of benzene rings is 3. The number of hydrogen-bond acceptors (Lipinski definition) is 4. The lowest BCUT2D eigenvalue weighted by Gasteiger charge is -2.35. The molecule has 0 aliphatic rings. The molecule has 43 heavy (non-hydrogen) atoms. The summed E-state index contributed by atoms with van der Waals surface area (Å²) in [6.45, 7) is 11.9. The Kier molecular flexibility index (Phi) is 12.6. The molecule has 0 radical (unpaired) electrons. The number of ether oxygens (including phenoxy) is 1. The lowest BCUT2D eigenvalue weighted by molar-refractivity contribution is -0.141. The average Bonchev–Trinajstić information content (AvgIpc) is 2.95. The molecule has 0 aliphatic carbocycles. The second-order valence-corrected chi connectivity index (χ2v) is 12.6. The number of hydrogen-bond donors (Lipinski definition) is 2. The van der Waals surface area contributed by atoms with Crippen LogP contribution in [-0.4, -0.2) is 41.0 Å². The quantitative estimate of drug-likeness (QED) is 0.186. The van der Waals surface area contributed by atoms with Crippen LogP contribution < -0.4 is 10.6 Å². The molecule has 3 amide bonds. The molecule has 0 fully saturated rings. The molecule has 2 N–H and O–H groups in total. The highest BCUT2D eigenvalue weighted by molar-refractivity contribution is 6.00. The van der Waals surface area contributed by atoms with Gasteiger partial charge in [-0.2, -0.15) is 0 Å². The Morgan fingerprint density at radius 1 is 0.837 bits per heavy atom. The number of nitrogens with zero attached hydrogens (tertiary/aromatic N) is 1. The lowest BCUT2D eigenvalue weighted by Crippen LogP contribution is -2.53. The monoisotopic (exact) mass is 587 g/mol. The molecule has 3 rings (SSSR count). The molecule has 2 unspecified atom stereocenters. The van der Waals surface area contributed by atoms with Crippen molar-refractivity contribution in [3.8, 4) is 0 Å². The van der Waals surface area contributed by atoms with Crippen LogP contribution in [0.2, 0.25) is 0 Å². The Balaban J connectivity index is 1.99. The summed E-state index contributed by atoms with van der Waals surface area (Å²) in [6.07, 6.45) is 4.75. The maximum Gasteiger partial charge on any atom is 0.408 e. The lowest BCUT2D eigenvalue weighted by atomic mass is 9.98. The largest absolute Gasteiger partial charge is 0.444 e. The normalized spacial score (nSPS) is 12.9. The molecule has 0 heterocycles. The summed E-state index contributed by atoms with van der Waals surface area (Å²) in [5.41, 5.74) is 0.662. The first-order chi connectivity index (χ1) is 20.5. The van der Waals surface area contributed by atoms with Crippen LogP contribution in [0, 0.1) is 5.92 Å². The third kappa shape index (κ3) is 10.7. The van der Waals surface area contributed by atoms with Crippen molar-refractivity contribution in [1.29, 1.82) is 0 Å². The van der Waals surface area contributed by atoms with Gasteiger partial charge >= 0.3 is 6.09 Å². The van der Waals surface area contributed by atoms with Crippen LogP contribution in [0.15, 0.2) is 72.8 Å². The minimum atomic E-state index is -0.888. The van der Waals surface area contributed by atoms with Gasteiger partial charge in [-0.3, -0.25) is 9.59 Å². The Hall–Kier alpha value is -3.87. The third-order valence-electron chi connectivity index (χ3n) is 7.17. The zero-order chi connectivity index (χ0) is 31.4. The van der Waals surface area contributed by atoms with E-state index in [1.165, 1.54) is 0 Å². The number of unbranched alkanes of at least 4 members (excludes halogenated alkanes) is 4. The van der Waals surface area contributed by atoms with E-state index in [0.717, 1.165) is 42.9 Å². The zero-order valence-corrected chi connectivity index (χ0v) is 26.7. The predicted octanol–water partition coefficient (Wildman–Crippen LogP) is 8.26. The number of amides is 3. The minimum absolute atomic E-state index is 0.122. The summed E-state index contributed by atoms with van der Waals surface area (Å²) in [5.74, 6) is -0.474. The average molecular weight is 588 g/mol. The van der Waals surface area contributed by atoms with E-state index in [-0.39, 0.29) is 17.7 Å². The molecule has 3 aromatic rings. The van der Waals surface area contributed by atoms with Crippen molar-refractivity contribution < 1.29 is 19.1 Å². The first kappa shape index (κ1) is 33.6. The number of fused-ring (bicyclic) bond motifs is 1. The number of carbonyl (C=O) groups excluding carboxylic acids is 3. The number of rotatable bonds is 14. The van der Waals surface area contributed by atoms with Crippen molar-refractivity contribution in [3.63, 3.8) is 0 Å². The van der Waals surface area contributed by atoms with Crippen LogP contribution in [-0.2, 0) is 14.3 Å². The molecule has 0 bridgehead atoms.